The van der Waals surface area contributed by atoms with Gasteiger partial charge in [0.2, 0.25) is 0 Å². The van der Waals surface area contributed by atoms with Crippen LogP contribution in [0, 0.1) is 6.92 Å². The first-order chi connectivity index (χ1) is 9.24. The second kappa shape index (κ2) is 4.97. The van der Waals surface area contributed by atoms with Crippen LogP contribution in [0.1, 0.15) is 22.4 Å². The van der Waals surface area contributed by atoms with Crippen LogP contribution in [-0.4, -0.2) is 16.1 Å². The SMILES string of the molecule is Cc1cccc(Cn2cnc3c(c2=O)CCNC3)c1. The quantitative estimate of drug-likeness (QED) is 0.878. The molecule has 0 spiro atoms. The zero-order valence-electron chi connectivity index (χ0n) is 11.0. The van der Waals surface area contributed by atoms with Crippen molar-refractivity contribution >= 4 is 0 Å². The van der Waals surface area contributed by atoms with Crippen molar-refractivity contribution in [3.8, 4) is 0 Å². The van der Waals surface area contributed by atoms with Crippen LogP contribution in [0.3, 0.4) is 0 Å². The lowest BCUT2D eigenvalue weighted by atomic mass is 10.1. The number of benzene rings is 1. The molecule has 3 rings (SSSR count). The summed E-state index contributed by atoms with van der Waals surface area (Å²) in [5, 5.41) is 3.23. The molecule has 1 aromatic heterocycles. The van der Waals surface area contributed by atoms with Gasteiger partial charge in [0.25, 0.3) is 5.56 Å². The van der Waals surface area contributed by atoms with Gasteiger partial charge in [0.05, 0.1) is 18.6 Å². The fraction of sp³-hybridized carbons (Fsp3) is 0.333. The molecule has 4 heteroatoms. The van der Waals surface area contributed by atoms with Crippen LogP contribution in [-0.2, 0) is 19.5 Å². The highest BCUT2D eigenvalue weighted by Crippen LogP contribution is 2.08. The number of nitrogens with zero attached hydrogens (tertiary/aromatic N) is 2. The maximum Gasteiger partial charge on any atom is 0.257 e. The predicted octanol–water partition coefficient (Wildman–Crippen LogP) is 1.25. The third-order valence-corrected chi connectivity index (χ3v) is 3.50. The molecular weight excluding hydrogens is 238 g/mol. The van der Waals surface area contributed by atoms with E-state index in [1.54, 1.807) is 10.9 Å². The van der Waals surface area contributed by atoms with Crippen molar-refractivity contribution in [2.24, 2.45) is 0 Å². The summed E-state index contributed by atoms with van der Waals surface area (Å²) in [6.45, 7) is 4.21. The summed E-state index contributed by atoms with van der Waals surface area (Å²) in [5.41, 5.74) is 4.22. The summed E-state index contributed by atoms with van der Waals surface area (Å²) >= 11 is 0. The molecule has 1 aliphatic heterocycles. The normalized spacial score (nSPS) is 14.2. The number of nitrogens with one attached hydrogen (secondary N) is 1. The average Bonchev–Trinajstić information content (AvgIpc) is 2.42. The van der Waals surface area contributed by atoms with Crippen molar-refractivity contribution in [2.75, 3.05) is 6.54 Å². The van der Waals surface area contributed by atoms with Gasteiger partial charge in [-0.25, -0.2) is 4.98 Å². The van der Waals surface area contributed by atoms with Gasteiger partial charge in [0.1, 0.15) is 0 Å². The Hall–Kier alpha value is -1.94. The summed E-state index contributed by atoms with van der Waals surface area (Å²) in [6, 6.07) is 8.22. The van der Waals surface area contributed by atoms with Gasteiger partial charge in [-0.3, -0.25) is 9.36 Å². The minimum absolute atomic E-state index is 0.105. The monoisotopic (exact) mass is 255 g/mol. The Balaban J connectivity index is 1.96. The Morgan fingerprint density at radius 2 is 2.32 bits per heavy atom. The van der Waals surface area contributed by atoms with E-state index < -0.39 is 0 Å². The lowest BCUT2D eigenvalue weighted by Crippen LogP contribution is -2.34. The molecule has 2 aromatic rings. The number of hydrogen-bond donors (Lipinski definition) is 1. The van der Waals surface area contributed by atoms with Gasteiger partial charge in [-0.15, -0.1) is 0 Å². The first-order valence-electron chi connectivity index (χ1n) is 6.57. The highest BCUT2D eigenvalue weighted by molar-refractivity contribution is 5.24. The summed E-state index contributed by atoms with van der Waals surface area (Å²) in [5.74, 6) is 0. The average molecular weight is 255 g/mol. The number of aromatic nitrogens is 2. The standard InChI is InChI=1S/C15H17N3O/c1-11-3-2-4-12(7-11)9-18-10-17-14-8-16-6-5-13(14)15(18)19/h2-4,7,10,16H,5-6,8-9H2,1H3. The largest absolute Gasteiger partial charge is 0.311 e. The number of rotatable bonds is 2. The minimum Gasteiger partial charge on any atom is -0.311 e. The van der Waals surface area contributed by atoms with Gasteiger partial charge in [0, 0.05) is 12.1 Å². The molecule has 1 aliphatic rings. The molecule has 0 radical (unpaired) electrons. The third-order valence-electron chi connectivity index (χ3n) is 3.50. The summed E-state index contributed by atoms with van der Waals surface area (Å²) in [4.78, 5) is 16.8. The fourth-order valence-corrected chi connectivity index (χ4v) is 2.51. The van der Waals surface area contributed by atoms with E-state index >= 15 is 0 Å². The van der Waals surface area contributed by atoms with Crippen molar-refractivity contribution in [1.82, 2.24) is 14.9 Å². The molecule has 98 valence electrons. The maximum atomic E-state index is 12.4. The topological polar surface area (TPSA) is 46.9 Å². The number of fused-ring (bicyclic) bond motifs is 1. The molecule has 0 aliphatic carbocycles. The summed E-state index contributed by atoms with van der Waals surface area (Å²) in [7, 11) is 0. The molecular formula is C15H17N3O. The fourth-order valence-electron chi connectivity index (χ4n) is 2.51. The molecule has 19 heavy (non-hydrogen) atoms. The van der Waals surface area contributed by atoms with Gasteiger partial charge in [0.15, 0.2) is 0 Å². The van der Waals surface area contributed by atoms with Crippen LogP contribution in [0.4, 0.5) is 0 Å². The molecule has 0 atom stereocenters. The molecule has 1 N–H and O–H groups in total. The molecule has 0 saturated heterocycles. The molecule has 1 aromatic carbocycles. The summed E-state index contributed by atoms with van der Waals surface area (Å²) in [6.07, 6.45) is 2.44. The smallest absolute Gasteiger partial charge is 0.257 e. The van der Waals surface area contributed by atoms with Gasteiger partial charge >= 0.3 is 0 Å². The molecule has 0 bridgehead atoms. The predicted molar refractivity (Wildman–Crippen MR) is 74.2 cm³/mol. The minimum atomic E-state index is 0.105. The van der Waals surface area contributed by atoms with Crippen molar-refractivity contribution in [1.29, 1.82) is 0 Å². The van der Waals surface area contributed by atoms with E-state index in [-0.39, 0.29) is 5.56 Å². The van der Waals surface area contributed by atoms with Crippen molar-refractivity contribution in [2.45, 2.75) is 26.4 Å². The first-order valence-corrected chi connectivity index (χ1v) is 6.57. The van der Waals surface area contributed by atoms with Crippen LogP contribution >= 0.6 is 0 Å². The van der Waals surface area contributed by atoms with Gasteiger partial charge in [-0.05, 0) is 25.5 Å². The number of aryl methyl sites for hydroxylation is 1. The van der Waals surface area contributed by atoms with E-state index in [0.717, 1.165) is 29.8 Å². The Morgan fingerprint density at radius 3 is 3.16 bits per heavy atom. The molecule has 0 amide bonds. The van der Waals surface area contributed by atoms with E-state index in [2.05, 4.69) is 29.4 Å². The Bertz CT molecular complexity index is 661. The highest BCUT2D eigenvalue weighted by atomic mass is 16.1. The maximum absolute atomic E-state index is 12.4. The zero-order valence-corrected chi connectivity index (χ0v) is 11.0. The zero-order chi connectivity index (χ0) is 13.2. The number of hydrogen-bond acceptors (Lipinski definition) is 3. The van der Waals surface area contributed by atoms with Crippen LogP contribution in [0.5, 0.6) is 0 Å². The van der Waals surface area contributed by atoms with Crippen molar-refractivity contribution < 1.29 is 0 Å². The second-order valence-electron chi connectivity index (χ2n) is 5.02. The van der Waals surface area contributed by atoms with Crippen molar-refractivity contribution in [3.05, 3.63) is 63.3 Å². The Kier molecular flexibility index (Phi) is 3.17. The first kappa shape index (κ1) is 12.1. The van der Waals surface area contributed by atoms with Crippen LogP contribution in [0.2, 0.25) is 0 Å². The Labute approximate surface area is 112 Å². The van der Waals surface area contributed by atoms with Crippen LogP contribution in [0.15, 0.2) is 35.4 Å². The van der Waals surface area contributed by atoms with Gasteiger partial charge in [-0.1, -0.05) is 29.8 Å². The van der Waals surface area contributed by atoms with Crippen LogP contribution < -0.4 is 10.9 Å². The van der Waals surface area contributed by atoms with Gasteiger partial charge in [-0.2, -0.15) is 0 Å². The molecule has 0 unspecified atom stereocenters. The van der Waals surface area contributed by atoms with E-state index in [4.69, 9.17) is 0 Å². The Morgan fingerprint density at radius 1 is 1.42 bits per heavy atom. The lowest BCUT2D eigenvalue weighted by Gasteiger charge is -2.17. The van der Waals surface area contributed by atoms with Crippen LogP contribution in [0.25, 0.3) is 0 Å². The van der Waals surface area contributed by atoms with E-state index in [1.165, 1.54) is 5.56 Å². The van der Waals surface area contributed by atoms with E-state index in [9.17, 15) is 4.79 Å². The van der Waals surface area contributed by atoms with E-state index in [0.29, 0.717) is 13.1 Å². The lowest BCUT2D eigenvalue weighted by molar-refractivity contribution is 0.596. The van der Waals surface area contributed by atoms with E-state index in [1.807, 2.05) is 12.1 Å². The molecule has 0 saturated carbocycles. The highest BCUT2D eigenvalue weighted by Gasteiger charge is 2.15. The van der Waals surface area contributed by atoms with Gasteiger partial charge < -0.3 is 5.32 Å². The third kappa shape index (κ3) is 2.44. The molecule has 2 heterocycles. The molecule has 0 fully saturated rings. The molecule has 4 nitrogen and oxygen atoms in total. The van der Waals surface area contributed by atoms with Crippen molar-refractivity contribution in [3.63, 3.8) is 0 Å². The summed E-state index contributed by atoms with van der Waals surface area (Å²) < 4.78 is 1.71. The second-order valence-corrected chi connectivity index (χ2v) is 5.02.